The molecular weight excluding hydrogens is 343 g/mol. The SMILES string of the molecule is Nc1cc(OCc2ccccc2)ccc1-c1ccccc1OC(F)(F)F. The van der Waals surface area contributed by atoms with Gasteiger partial charge in [0.25, 0.3) is 0 Å². The van der Waals surface area contributed by atoms with Crippen molar-refractivity contribution in [1.82, 2.24) is 0 Å². The van der Waals surface area contributed by atoms with Gasteiger partial charge in [0.05, 0.1) is 0 Å². The topological polar surface area (TPSA) is 44.5 Å². The standard InChI is InChI=1S/C20H16F3NO2/c21-20(22,23)26-19-9-5-4-8-17(19)16-11-10-15(12-18(16)24)25-13-14-6-2-1-3-7-14/h1-12H,13,24H2. The van der Waals surface area contributed by atoms with Gasteiger partial charge in [0, 0.05) is 22.9 Å². The molecule has 6 heteroatoms. The normalized spacial score (nSPS) is 11.2. The highest BCUT2D eigenvalue weighted by Crippen LogP contribution is 2.37. The number of para-hydroxylation sites is 1. The Balaban J connectivity index is 1.82. The maximum atomic E-state index is 12.6. The summed E-state index contributed by atoms with van der Waals surface area (Å²) in [5.74, 6) is 0.231. The largest absolute Gasteiger partial charge is 0.573 e. The number of hydrogen-bond donors (Lipinski definition) is 1. The molecule has 0 atom stereocenters. The number of benzene rings is 3. The number of alkyl halides is 3. The Morgan fingerprint density at radius 1 is 0.808 bits per heavy atom. The van der Waals surface area contributed by atoms with Crippen LogP contribution in [0.1, 0.15) is 5.56 Å². The van der Waals surface area contributed by atoms with Crippen molar-refractivity contribution in [3.63, 3.8) is 0 Å². The molecule has 3 aromatic carbocycles. The van der Waals surface area contributed by atoms with E-state index in [1.54, 1.807) is 24.3 Å². The summed E-state index contributed by atoms with van der Waals surface area (Å²) in [6.45, 7) is 0.368. The monoisotopic (exact) mass is 359 g/mol. The summed E-state index contributed by atoms with van der Waals surface area (Å²) in [5, 5.41) is 0. The van der Waals surface area contributed by atoms with Crippen LogP contribution in [0.5, 0.6) is 11.5 Å². The van der Waals surface area contributed by atoms with Crippen molar-refractivity contribution in [3.8, 4) is 22.6 Å². The predicted molar refractivity (Wildman–Crippen MR) is 93.7 cm³/mol. The van der Waals surface area contributed by atoms with Crippen LogP contribution >= 0.6 is 0 Å². The third kappa shape index (κ3) is 4.47. The van der Waals surface area contributed by atoms with Crippen molar-refractivity contribution in [2.45, 2.75) is 13.0 Å². The molecule has 3 aromatic rings. The Kier molecular flexibility index (Phi) is 5.02. The summed E-state index contributed by atoms with van der Waals surface area (Å²) in [7, 11) is 0. The fourth-order valence-electron chi connectivity index (χ4n) is 2.52. The lowest BCUT2D eigenvalue weighted by atomic mass is 10.0. The van der Waals surface area contributed by atoms with Gasteiger partial charge < -0.3 is 15.2 Å². The first-order valence-electron chi connectivity index (χ1n) is 7.84. The molecular formula is C20H16F3NO2. The number of hydrogen-bond acceptors (Lipinski definition) is 3. The van der Waals surface area contributed by atoms with Gasteiger partial charge in [-0.1, -0.05) is 48.5 Å². The molecule has 2 N–H and O–H groups in total. The van der Waals surface area contributed by atoms with Crippen LogP contribution in [0.15, 0.2) is 72.8 Å². The van der Waals surface area contributed by atoms with E-state index in [0.717, 1.165) is 5.56 Å². The van der Waals surface area contributed by atoms with Crippen LogP contribution in [0.3, 0.4) is 0 Å². The second-order valence-corrected chi connectivity index (χ2v) is 5.57. The third-order valence-corrected chi connectivity index (χ3v) is 3.67. The van der Waals surface area contributed by atoms with Gasteiger partial charge in [0.2, 0.25) is 0 Å². The minimum atomic E-state index is -4.77. The molecule has 0 spiro atoms. The lowest BCUT2D eigenvalue weighted by molar-refractivity contribution is -0.274. The second-order valence-electron chi connectivity index (χ2n) is 5.57. The van der Waals surface area contributed by atoms with Crippen molar-refractivity contribution in [2.75, 3.05) is 5.73 Å². The molecule has 3 rings (SSSR count). The van der Waals surface area contributed by atoms with Gasteiger partial charge in [-0.05, 0) is 23.8 Å². The van der Waals surface area contributed by atoms with E-state index in [2.05, 4.69) is 4.74 Å². The van der Waals surface area contributed by atoms with Gasteiger partial charge in [-0.3, -0.25) is 0 Å². The van der Waals surface area contributed by atoms with Gasteiger partial charge in [-0.25, -0.2) is 0 Å². The van der Waals surface area contributed by atoms with Crippen LogP contribution in [0, 0.1) is 0 Å². The molecule has 26 heavy (non-hydrogen) atoms. The Labute approximate surface area is 148 Å². The minimum absolute atomic E-state index is 0.261. The molecule has 0 aromatic heterocycles. The van der Waals surface area contributed by atoms with Crippen LogP contribution in [0.2, 0.25) is 0 Å². The number of ether oxygens (including phenoxy) is 2. The number of nitrogen functional groups attached to an aromatic ring is 1. The lowest BCUT2D eigenvalue weighted by Crippen LogP contribution is -2.17. The maximum Gasteiger partial charge on any atom is 0.573 e. The van der Waals surface area contributed by atoms with Crippen molar-refractivity contribution < 1.29 is 22.6 Å². The minimum Gasteiger partial charge on any atom is -0.489 e. The van der Waals surface area contributed by atoms with Crippen LogP contribution in [0.25, 0.3) is 11.1 Å². The van der Waals surface area contributed by atoms with E-state index in [4.69, 9.17) is 10.5 Å². The molecule has 134 valence electrons. The highest BCUT2D eigenvalue weighted by molar-refractivity contribution is 5.81. The molecule has 3 nitrogen and oxygen atoms in total. The average molecular weight is 359 g/mol. The van der Waals surface area contributed by atoms with Crippen molar-refractivity contribution in [2.24, 2.45) is 0 Å². The van der Waals surface area contributed by atoms with Crippen molar-refractivity contribution in [3.05, 3.63) is 78.4 Å². The first-order valence-corrected chi connectivity index (χ1v) is 7.84. The number of anilines is 1. The van der Waals surface area contributed by atoms with E-state index in [-0.39, 0.29) is 11.3 Å². The zero-order valence-corrected chi connectivity index (χ0v) is 13.7. The Bertz CT molecular complexity index is 880. The molecule has 0 radical (unpaired) electrons. The summed E-state index contributed by atoms with van der Waals surface area (Å²) in [6.07, 6.45) is -4.77. The zero-order valence-electron chi connectivity index (χ0n) is 13.7. The molecule has 0 aliphatic rings. The van der Waals surface area contributed by atoms with Gasteiger partial charge in [0.1, 0.15) is 18.1 Å². The predicted octanol–water partition coefficient (Wildman–Crippen LogP) is 5.41. The van der Waals surface area contributed by atoms with Gasteiger partial charge in [-0.2, -0.15) is 0 Å². The molecule has 0 amide bonds. The van der Waals surface area contributed by atoms with Crippen LogP contribution in [-0.2, 0) is 6.61 Å². The maximum absolute atomic E-state index is 12.6. The highest BCUT2D eigenvalue weighted by Gasteiger charge is 2.32. The number of nitrogens with two attached hydrogens (primary N) is 1. The summed E-state index contributed by atoms with van der Waals surface area (Å²) in [5.41, 5.74) is 8.04. The average Bonchev–Trinajstić information content (AvgIpc) is 2.60. The van der Waals surface area contributed by atoms with E-state index >= 15 is 0 Å². The molecule has 0 aliphatic carbocycles. The van der Waals surface area contributed by atoms with Gasteiger partial charge >= 0.3 is 6.36 Å². The highest BCUT2D eigenvalue weighted by atomic mass is 19.4. The number of halogens is 3. The van der Waals surface area contributed by atoms with Crippen molar-refractivity contribution >= 4 is 5.69 Å². The van der Waals surface area contributed by atoms with E-state index in [1.807, 2.05) is 30.3 Å². The van der Waals surface area contributed by atoms with Gasteiger partial charge in [0.15, 0.2) is 0 Å². The zero-order chi connectivity index (χ0) is 18.6. The second kappa shape index (κ2) is 7.39. The smallest absolute Gasteiger partial charge is 0.489 e. The quantitative estimate of drug-likeness (QED) is 0.619. The molecule has 0 saturated heterocycles. The molecule has 0 unspecified atom stereocenters. The molecule has 0 aliphatic heterocycles. The fraction of sp³-hybridized carbons (Fsp3) is 0.100. The van der Waals surface area contributed by atoms with E-state index in [9.17, 15) is 13.2 Å². The van der Waals surface area contributed by atoms with Crippen molar-refractivity contribution in [1.29, 1.82) is 0 Å². The van der Waals surface area contributed by atoms with Crippen LogP contribution < -0.4 is 15.2 Å². The third-order valence-electron chi connectivity index (χ3n) is 3.67. The molecule has 0 heterocycles. The Hall–Kier alpha value is -3.15. The van der Waals surface area contributed by atoms with Crippen LogP contribution in [-0.4, -0.2) is 6.36 Å². The Morgan fingerprint density at radius 3 is 2.19 bits per heavy atom. The summed E-state index contributed by atoms with van der Waals surface area (Å²) in [6, 6.07) is 20.3. The molecule has 0 bridgehead atoms. The first-order chi connectivity index (χ1) is 12.4. The lowest BCUT2D eigenvalue weighted by Gasteiger charge is -2.15. The summed E-state index contributed by atoms with van der Waals surface area (Å²) in [4.78, 5) is 0. The molecule has 0 saturated carbocycles. The van der Waals surface area contributed by atoms with E-state index in [0.29, 0.717) is 23.6 Å². The van der Waals surface area contributed by atoms with Gasteiger partial charge in [-0.15, -0.1) is 13.2 Å². The van der Waals surface area contributed by atoms with E-state index in [1.165, 1.54) is 18.2 Å². The summed E-state index contributed by atoms with van der Waals surface area (Å²) < 4.78 is 47.5. The molecule has 0 fully saturated rings. The first kappa shape index (κ1) is 17.7. The fourth-order valence-corrected chi connectivity index (χ4v) is 2.52. The summed E-state index contributed by atoms with van der Waals surface area (Å²) >= 11 is 0. The number of rotatable bonds is 5. The van der Waals surface area contributed by atoms with E-state index < -0.39 is 6.36 Å². The Morgan fingerprint density at radius 2 is 1.50 bits per heavy atom. The van der Waals surface area contributed by atoms with Crippen LogP contribution in [0.4, 0.5) is 18.9 Å².